The van der Waals surface area contributed by atoms with E-state index in [1.165, 1.54) is 25.1 Å². The Morgan fingerprint density at radius 3 is 2.00 bits per heavy atom. The molecule has 1 aromatic rings. The van der Waals surface area contributed by atoms with Gasteiger partial charge in [0.1, 0.15) is 10.7 Å². The molecule has 0 atom stereocenters. The van der Waals surface area contributed by atoms with Gasteiger partial charge in [0.25, 0.3) is 10.1 Å². The predicted molar refractivity (Wildman–Crippen MR) is 113 cm³/mol. The van der Waals surface area contributed by atoms with Crippen molar-refractivity contribution in [2.75, 3.05) is 0 Å². The Morgan fingerprint density at radius 2 is 1.50 bits per heavy atom. The van der Waals surface area contributed by atoms with Gasteiger partial charge in [0.2, 0.25) is 0 Å². The molecule has 0 radical (unpaired) electrons. The number of aliphatic hydroxyl groups is 1. The SMILES string of the molecule is C=CC(O)=C(C)C=C(C)C(=C(C)C=C(C)C(C)=O)c1ccccc1S(=O)(=O)O. The largest absolute Gasteiger partial charge is 0.508 e. The number of Topliss-reactive ketones (excluding diaryl/α,β-unsaturated/α-hetero) is 1. The van der Waals surface area contributed by atoms with Crippen molar-refractivity contribution in [2.24, 2.45) is 0 Å². The molecule has 0 aromatic heterocycles. The Morgan fingerprint density at radius 1 is 0.964 bits per heavy atom. The van der Waals surface area contributed by atoms with Gasteiger partial charge in [-0.3, -0.25) is 9.35 Å². The molecule has 5 nitrogen and oxygen atoms in total. The molecule has 0 fully saturated rings. The molecule has 150 valence electrons. The van der Waals surface area contributed by atoms with Crippen LogP contribution in [0.25, 0.3) is 5.57 Å². The standard InChI is InChI=1S/C22H26O5S/c1-7-20(24)15(3)13-17(5)22(16(4)12-14(2)18(6)23)19-10-8-9-11-21(19)28(25,26)27/h7-13,24H,1H2,2-6H3,(H,25,26,27). The maximum Gasteiger partial charge on any atom is 0.295 e. The maximum atomic E-state index is 11.9. The first kappa shape index (κ1) is 23.3. The van der Waals surface area contributed by atoms with E-state index in [1.807, 2.05) is 0 Å². The Kier molecular flexibility index (Phi) is 7.90. The lowest BCUT2D eigenvalue weighted by Gasteiger charge is -2.16. The molecule has 0 saturated heterocycles. The first-order valence-electron chi connectivity index (χ1n) is 8.58. The lowest BCUT2D eigenvalue weighted by atomic mass is 9.91. The summed E-state index contributed by atoms with van der Waals surface area (Å²) in [6.07, 6.45) is 4.66. The third-order valence-corrected chi connectivity index (χ3v) is 5.15. The minimum Gasteiger partial charge on any atom is -0.508 e. The number of allylic oxidation sites excluding steroid dienone is 8. The number of rotatable bonds is 7. The number of carbonyl (C=O) groups excluding carboxylic acids is 1. The van der Waals surface area contributed by atoms with Gasteiger partial charge in [0, 0.05) is 5.56 Å². The predicted octanol–water partition coefficient (Wildman–Crippen LogP) is 5.21. The molecule has 6 heteroatoms. The van der Waals surface area contributed by atoms with Crippen LogP contribution in [0.2, 0.25) is 0 Å². The first-order chi connectivity index (χ1) is 12.9. The van der Waals surface area contributed by atoms with E-state index >= 15 is 0 Å². The third-order valence-electron chi connectivity index (χ3n) is 4.24. The fourth-order valence-corrected chi connectivity index (χ4v) is 3.46. The Labute approximate surface area is 166 Å². The summed E-state index contributed by atoms with van der Waals surface area (Å²) in [7, 11) is -4.47. The number of carbonyl (C=O) groups is 1. The monoisotopic (exact) mass is 402 g/mol. The summed E-state index contributed by atoms with van der Waals surface area (Å²) in [5.74, 6) is -0.112. The van der Waals surface area contributed by atoms with Crippen LogP contribution in [0.15, 0.2) is 82.0 Å². The van der Waals surface area contributed by atoms with Crippen LogP contribution in [0, 0.1) is 0 Å². The molecule has 2 N–H and O–H groups in total. The lowest BCUT2D eigenvalue weighted by molar-refractivity contribution is -0.113. The van der Waals surface area contributed by atoms with Gasteiger partial charge in [-0.05, 0) is 74.6 Å². The van der Waals surface area contributed by atoms with Crippen molar-refractivity contribution in [2.45, 2.75) is 39.5 Å². The van der Waals surface area contributed by atoms with Crippen LogP contribution in [-0.4, -0.2) is 23.9 Å². The normalized spacial score (nSPS) is 14.9. The smallest absolute Gasteiger partial charge is 0.295 e. The van der Waals surface area contributed by atoms with Gasteiger partial charge in [-0.1, -0.05) is 36.9 Å². The second-order valence-corrected chi connectivity index (χ2v) is 7.90. The molecule has 0 spiro atoms. The van der Waals surface area contributed by atoms with E-state index in [0.717, 1.165) is 0 Å². The zero-order valence-electron chi connectivity index (χ0n) is 16.8. The number of hydrogen-bond donors (Lipinski definition) is 2. The Bertz CT molecular complexity index is 1020. The molecule has 0 aliphatic heterocycles. The summed E-state index contributed by atoms with van der Waals surface area (Å²) in [4.78, 5) is 11.4. The summed E-state index contributed by atoms with van der Waals surface area (Å²) in [6, 6.07) is 6.08. The van der Waals surface area contributed by atoms with E-state index in [1.54, 1.807) is 52.0 Å². The molecule has 0 saturated carbocycles. The molecule has 0 amide bonds. The average molecular weight is 403 g/mol. The molecule has 0 heterocycles. The Balaban J connectivity index is 3.94. The van der Waals surface area contributed by atoms with Crippen LogP contribution in [-0.2, 0) is 14.9 Å². The van der Waals surface area contributed by atoms with Gasteiger partial charge in [-0.25, -0.2) is 0 Å². The van der Waals surface area contributed by atoms with E-state index in [9.17, 15) is 22.9 Å². The molecule has 1 rings (SSSR count). The molecular weight excluding hydrogens is 376 g/mol. The van der Waals surface area contributed by atoms with Crippen LogP contribution in [0.5, 0.6) is 0 Å². The second kappa shape index (κ2) is 9.48. The molecule has 0 bridgehead atoms. The van der Waals surface area contributed by atoms with Crippen LogP contribution in [0.1, 0.15) is 40.2 Å². The fourth-order valence-electron chi connectivity index (χ4n) is 2.76. The maximum absolute atomic E-state index is 11.9. The van der Waals surface area contributed by atoms with Crippen molar-refractivity contribution < 1.29 is 22.9 Å². The zero-order valence-corrected chi connectivity index (χ0v) is 17.6. The van der Waals surface area contributed by atoms with Gasteiger partial charge in [-0.15, -0.1) is 0 Å². The van der Waals surface area contributed by atoms with E-state index in [0.29, 0.717) is 33.4 Å². The minimum absolute atomic E-state index is 0.00474. The molecule has 0 aliphatic carbocycles. The lowest BCUT2D eigenvalue weighted by Crippen LogP contribution is -2.04. The average Bonchev–Trinajstić information content (AvgIpc) is 2.60. The molecular formula is C22H26O5S. The van der Waals surface area contributed by atoms with E-state index < -0.39 is 10.1 Å². The highest BCUT2D eigenvalue weighted by atomic mass is 32.2. The van der Waals surface area contributed by atoms with E-state index in [2.05, 4.69) is 6.58 Å². The molecule has 0 aliphatic rings. The minimum atomic E-state index is -4.47. The first-order valence-corrected chi connectivity index (χ1v) is 10.0. The molecule has 0 unspecified atom stereocenters. The Hall–Kier alpha value is -2.70. The second-order valence-electron chi connectivity index (χ2n) is 6.51. The highest BCUT2D eigenvalue weighted by molar-refractivity contribution is 7.86. The zero-order chi connectivity index (χ0) is 21.6. The van der Waals surface area contributed by atoms with Crippen molar-refractivity contribution in [1.82, 2.24) is 0 Å². The van der Waals surface area contributed by atoms with Gasteiger partial charge in [-0.2, -0.15) is 8.42 Å². The topological polar surface area (TPSA) is 91.7 Å². The van der Waals surface area contributed by atoms with Gasteiger partial charge in [0.05, 0.1) is 0 Å². The summed E-state index contributed by atoms with van der Waals surface area (Å²) >= 11 is 0. The number of ketones is 1. The quantitative estimate of drug-likeness (QED) is 0.283. The summed E-state index contributed by atoms with van der Waals surface area (Å²) in [5.41, 5.74) is 3.16. The van der Waals surface area contributed by atoms with Crippen LogP contribution < -0.4 is 0 Å². The summed E-state index contributed by atoms with van der Waals surface area (Å²) < 4.78 is 33.4. The van der Waals surface area contributed by atoms with Crippen molar-refractivity contribution in [3.8, 4) is 0 Å². The fraction of sp³-hybridized carbons (Fsp3) is 0.227. The summed E-state index contributed by atoms with van der Waals surface area (Å²) in [5, 5.41) is 9.88. The van der Waals surface area contributed by atoms with Crippen LogP contribution in [0.4, 0.5) is 0 Å². The van der Waals surface area contributed by atoms with Crippen LogP contribution in [0.3, 0.4) is 0 Å². The van der Waals surface area contributed by atoms with Gasteiger partial charge >= 0.3 is 0 Å². The van der Waals surface area contributed by atoms with E-state index in [-0.39, 0.29) is 16.4 Å². The number of hydrogen-bond acceptors (Lipinski definition) is 4. The number of aliphatic hydroxyl groups excluding tert-OH is 1. The highest BCUT2D eigenvalue weighted by Gasteiger charge is 2.20. The van der Waals surface area contributed by atoms with Gasteiger partial charge < -0.3 is 5.11 Å². The highest BCUT2D eigenvalue weighted by Crippen LogP contribution is 2.33. The third kappa shape index (κ3) is 5.90. The summed E-state index contributed by atoms with van der Waals surface area (Å²) in [6.45, 7) is 11.9. The van der Waals surface area contributed by atoms with Crippen molar-refractivity contribution >= 4 is 21.5 Å². The van der Waals surface area contributed by atoms with Crippen molar-refractivity contribution in [3.05, 3.63) is 82.7 Å². The van der Waals surface area contributed by atoms with Gasteiger partial charge in [0.15, 0.2) is 5.78 Å². The van der Waals surface area contributed by atoms with Crippen LogP contribution >= 0.6 is 0 Å². The molecule has 28 heavy (non-hydrogen) atoms. The van der Waals surface area contributed by atoms with Crippen molar-refractivity contribution in [1.29, 1.82) is 0 Å². The van der Waals surface area contributed by atoms with E-state index in [4.69, 9.17) is 0 Å². The number of benzene rings is 1. The molecule has 1 aromatic carbocycles. The van der Waals surface area contributed by atoms with Crippen molar-refractivity contribution in [3.63, 3.8) is 0 Å².